The molecule has 0 aromatic heterocycles. The average Bonchev–Trinajstić information content (AvgIpc) is 2.89. The van der Waals surface area contributed by atoms with Crippen molar-refractivity contribution in [3.05, 3.63) is 42.0 Å². The molecule has 1 aromatic rings. The van der Waals surface area contributed by atoms with Gasteiger partial charge in [-0.2, -0.15) is 0 Å². The van der Waals surface area contributed by atoms with E-state index in [9.17, 15) is 15.1 Å². The first kappa shape index (κ1) is 27.5. The number of ketones is 1. The zero-order valence-corrected chi connectivity index (χ0v) is 25.4. The van der Waals surface area contributed by atoms with E-state index in [1.54, 1.807) is 0 Å². The molecule has 0 spiro atoms. The Morgan fingerprint density at radius 1 is 0.846 bits per heavy atom. The van der Waals surface area contributed by atoms with Gasteiger partial charge in [0.1, 0.15) is 0 Å². The Morgan fingerprint density at radius 3 is 2.21 bits per heavy atom. The van der Waals surface area contributed by atoms with Crippen molar-refractivity contribution in [2.45, 2.75) is 118 Å². The summed E-state index contributed by atoms with van der Waals surface area (Å²) in [4.78, 5) is 14.5. The molecule has 5 aliphatic carbocycles. The number of nitrogens with zero attached hydrogens (tertiary/aromatic N) is 1. The zero-order chi connectivity index (χ0) is 28.2. The number of aliphatic hydroxyl groups is 1. The molecule has 4 nitrogen and oxygen atoms in total. The summed E-state index contributed by atoms with van der Waals surface area (Å²) in [5.41, 5.74) is 1.62. The van der Waals surface area contributed by atoms with Crippen molar-refractivity contribution in [1.82, 2.24) is 0 Å². The lowest BCUT2D eigenvalue weighted by Crippen LogP contribution is -2.67. The van der Waals surface area contributed by atoms with E-state index >= 15 is 0 Å². The van der Waals surface area contributed by atoms with Crippen molar-refractivity contribution in [3.8, 4) is 0 Å². The number of aliphatic hydroxyl groups excluding tert-OH is 1. The summed E-state index contributed by atoms with van der Waals surface area (Å²) in [5, 5.41) is 24.0. The van der Waals surface area contributed by atoms with E-state index in [0.717, 1.165) is 57.1 Å². The zero-order valence-electron chi connectivity index (χ0n) is 25.4. The van der Waals surface area contributed by atoms with E-state index in [4.69, 9.17) is 0 Å². The first-order valence-corrected chi connectivity index (χ1v) is 15.6. The fourth-order valence-electron chi connectivity index (χ4n) is 11.2. The van der Waals surface area contributed by atoms with Gasteiger partial charge in [-0.3, -0.25) is 15.1 Å². The van der Waals surface area contributed by atoms with Gasteiger partial charge in [0.2, 0.25) is 0 Å². The third kappa shape index (κ3) is 3.52. The van der Waals surface area contributed by atoms with E-state index in [2.05, 4.69) is 54.5 Å². The topological polar surface area (TPSA) is 60.8 Å². The van der Waals surface area contributed by atoms with Crippen LogP contribution in [-0.4, -0.2) is 27.7 Å². The maximum Gasteiger partial charge on any atom is 0.159 e. The van der Waals surface area contributed by atoms with Crippen LogP contribution in [0.1, 0.15) is 106 Å². The number of hydrogen-bond acceptors (Lipinski definition) is 4. The largest absolute Gasteiger partial charge is 0.393 e. The van der Waals surface area contributed by atoms with Crippen LogP contribution in [0.2, 0.25) is 0 Å². The Labute approximate surface area is 236 Å². The van der Waals surface area contributed by atoms with Gasteiger partial charge in [0.05, 0.1) is 17.3 Å². The van der Waals surface area contributed by atoms with E-state index < -0.39 is 0 Å². The van der Waals surface area contributed by atoms with Gasteiger partial charge < -0.3 is 5.11 Å². The van der Waals surface area contributed by atoms with Crippen LogP contribution < -0.4 is 5.06 Å². The summed E-state index contributed by atoms with van der Waals surface area (Å²) in [5.74, 6) is 0.979. The van der Waals surface area contributed by atoms with Crippen LogP contribution in [0.25, 0.3) is 0 Å². The molecule has 1 aromatic carbocycles. The number of hydroxylamine groups is 1. The molecule has 4 fully saturated rings. The number of anilines is 1. The molecule has 0 unspecified atom stereocenters. The van der Waals surface area contributed by atoms with Gasteiger partial charge in [0.25, 0.3) is 0 Å². The molecule has 39 heavy (non-hydrogen) atoms. The van der Waals surface area contributed by atoms with Gasteiger partial charge in [-0.1, -0.05) is 65.3 Å². The molecule has 6 rings (SSSR count). The third-order valence-electron chi connectivity index (χ3n) is 14.0. The van der Waals surface area contributed by atoms with Gasteiger partial charge in [-0.15, -0.1) is 0 Å². The normalized spacial score (nSPS) is 48.6. The molecule has 0 radical (unpaired) electrons. The molecule has 9 atom stereocenters. The predicted octanol–water partition coefficient (Wildman–Crippen LogP) is 7.98. The highest BCUT2D eigenvalue weighted by Gasteiger charge is 2.70. The average molecular weight is 534 g/mol. The molecular formula is C35H51NO3. The van der Waals surface area contributed by atoms with Crippen LogP contribution in [-0.2, 0) is 4.79 Å². The van der Waals surface area contributed by atoms with Crippen molar-refractivity contribution in [3.63, 3.8) is 0 Å². The van der Waals surface area contributed by atoms with Crippen LogP contribution in [0.4, 0.5) is 5.69 Å². The highest BCUT2D eigenvalue weighted by atomic mass is 16.5. The van der Waals surface area contributed by atoms with E-state index in [1.807, 2.05) is 30.3 Å². The number of carbonyl (C=O) groups excluding carboxylic acids is 1. The van der Waals surface area contributed by atoms with Gasteiger partial charge in [0.15, 0.2) is 5.78 Å². The number of carbonyl (C=O) groups is 1. The van der Waals surface area contributed by atoms with Crippen molar-refractivity contribution >= 4 is 11.5 Å². The summed E-state index contributed by atoms with van der Waals surface area (Å²) in [7, 11) is 0. The summed E-state index contributed by atoms with van der Waals surface area (Å²) in [6, 6.07) is 9.93. The summed E-state index contributed by atoms with van der Waals surface area (Å²) >= 11 is 0. The molecule has 214 valence electrons. The Morgan fingerprint density at radius 2 is 1.51 bits per heavy atom. The fraction of sp³-hybridized carbons (Fsp3) is 0.743. The quantitative estimate of drug-likeness (QED) is 0.378. The van der Waals surface area contributed by atoms with Crippen LogP contribution in [0.3, 0.4) is 0 Å². The van der Waals surface area contributed by atoms with Crippen LogP contribution >= 0.6 is 0 Å². The SMILES string of the molecule is CC1(C)[C@@H](O)CC[C@]2(C)[C@H]3C(=O)C=C4[C@@H]5C[C@@](C)(N(O)c6ccccc6)CC[C@]5(C)CC[C@@]4(C)[C@]3(C)CC[C@@H]12. The minimum Gasteiger partial charge on any atom is -0.393 e. The minimum atomic E-state index is -0.376. The molecule has 0 saturated heterocycles. The second-order valence-electron chi connectivity index (χ2n) is 16.2. The molecule has 2 N–H and O–H groups in total. The van der Waals surface area contributed by atoms with Crippen LogP contribution in [0.15, 0.2) is 42.0 Å². The van der Waals surface area contributed by atoms with Crippen molar-refractivity contribution in [2.24, 2.45) is 44.8 Å². The van der Waals surface area contributed by atoms with Gasteiger partial charge in [-0.05, 0) is 122 Å². The highest BCUT2D eigenvalue weighted by molar-refractivity contribution is 5.95. The number of allylic oxidation sites excluding steroid dienone is 2. The van der Waals surface area contributed by atoms with E-state index in [0.29, 0.717) is 11.7 Å². The number of rotatable bonds is 2. The monoisotopic (exact) mass is 533 g/mol. The highest BCUT2D eigenvalue weighted by Crippen LogP contribution is 2.74. The Hall–Kier alpha value is -1.65. The molecular weight excluding hydrogens is 482 g/mol. The smallest absolute Gasteiger partial charge is 0.159 e. The second kappa shape index (κ2) is 8.44. The molecule has 0 aliphatic heterocycles. The maximum absolute atomic E-state index is 14.5. The van der Waals surface area contributed by atoms with Gasteiger partial charge in [-0.25, -0.2) is 0 Å². The fourth-order valence-corrected chi connectivity index (χ4v) is 11.2. The molecule has 5 aliphatic rings. The first-order chi connectivity index (χ1) is 18.1. The Balaban J connectivity index is 1.41. The van der Waals surface area contributed by atoms with Crippen LogP contribution in [0, 0.1) is 44.8 Å². The lowest BCUT2D eigenvalue weighted by molar-refractivity contribution is -0.201. The van der Waals surface area contributed by atoms with Gasteiger partial charge >= 0.3 is 0 Å². The lowest BCUT2D eigenvalue weighted by atomic mass is 9.33. The number of benzene rings is 1. The van der Waals surface area contributed by atoms with E-state index in [1.165, 1.54) is 17.1 Å². The molecule has 0 bridgehead atoms. The number of hydrogen-bond donors (Lipinski definition) is 2. The lowest BCUT2D eigenvalue weighted by Gasteiger charge is -2.70. The number of fused-ring (bicyclic) bond motifs is 7. The van der Waals surface area contributed by atoms with E-state index in [-0.39, 0.29) is 50.6 Å². The Bertz CT molecular complexity index is 1190. The molecule has 4 heteroatoms. The standard InChI is InChI=1S/C35H51NO3/c1-30(2)27-13-16-35(7)29(33(27,5)15-14-28(30)38)26(37)21-24-25-22-32(4,36(39)23-11-9-8-10-12-23)19-17-31(25,3)18-20-34(24,35)6/h8-12,21,25,27-29,38-39H,13-20,22H2,1-7H3/t25-,27-,28-,29+,31+,32-,33-,34+,35+/m0/s1. The second-order valence-corrected chi connectivity index (χ2v) is 16.2. The minimum absolute atomic E-state index is 0.00210. The first-order valence-electron chi connectivity index (χ1n) is 15.6. The summed E-state index contributed by atoms with van der Waals surface area (Å²) in [6.45, 7) is 16.5. The van der Waals surface area contributed by atoms with Crippen molar-refractivity contribution in [2.75, 3.05) is 5.06 Å². The van der Waals surface area contributed by atoms with Crippen molar-refractivity contribution < 1.29 is 15.1 Å². The van der Waals surface area contributed by atoms with Gasteiger partial charge in [0, 0.05) is 5.92 Å². The summed E-state index contributed by atoms with van der Waals surface area (Å²) < 4.78 is 0. The molecule has 4 saturated carbocycles. The molecule has 0 heterocycles. The van der Waals surface area contributed by atoms with Crippen molar-refractivity contribution in [1.29, 1.82) is 0 Å². The maximum atomic E-state index is 14.5. The number of para-hydroxylation sites is 1. The van der Waals surface area contributed by atoms with Crippen LogP contribution in [0.5, 0.6) is 0 Å². The Kier molecular flexibility index (Phi) is 5.96. The predicted molar refractivity (Wildman–Crippen MR) is 156 cm³/mol. The third-order valence-corrected chi connectivity index (χ3v) is 14.0. The molecule has 0 amide bonds. The summed E-state index contributed by atoms with van der Waals surface area (Å²) in [6.07, 6.45) is 10.9.